The van der Waals surface area contributed by atoms with Crippen LogP contribution < -0.4 is 0 Å². The molecule has 80 valence electrons. The molecule has 0 fully saturated rings. The number of fused-ring (bicyclic) bond motifs is 1. The van der Waals surface area contributed by atoms with Gasteiger partial charge in [-0.3, -0.25) is 0 Å². The number of aryl methyl sites for hydroxylation is 1. The molecule has 0 aromatic heterocycles. The third-order valence-electron chi connectivity index (χ3n) is 3.57. The summed E-state index contributed by atoms with van der Waals surface area (Å²) in [5.41, 5.74) is 2.72. The van der Waals surface area contributed by atoms with E-state index in [1.54, 1.807) is 6.07 Å². The van der Waals surface area contributed by atoms with Crippen LogP contribution in [0.4, 0.5) is 0 Å². The Kier molecular flexibility index (Phi) is 2.81. The lowest BCUT2D eigenvalue weighted by atomic mass is 9.78. The number of benzene rings is 1. The molecule has 1 aromatic rings. The van der Waals surface area contributed by atoms with Gasteiger partial charge in [0.05, 0.1) is 0 Å². The Hall–Kier alpha value is -1.24. The van der Waals surface area contributed by atoms with Gasteiger partial charge in [-0.15, -0.1) is 6.58 Å². The van der Waals surface area contributed by atoms with E-state index in [0.29, 0.717) is 11.7 Å². The number of phenols is 1. The summed E-state index contributed by atoms with van der Waals surface area (Å²) in [7, 11) is 0. The number of hydrogen-bond acceptors (Lipinski definition) is 1. The van der Waals surface area contributed by atoms with Gasteiger partial charge in [-0.2, -0.15) is 0 Å². The molecular weight excluding hydrogens is 184 g/mol. The third-order valence-corrected chi connectivity index (χ3v) is 3.57. The van der Waals surface area contributed by atoms with Crippen molar-refractivity contribution in [2.24, 2.45) is 11.8 Å². The second-order valence-electron chi connectivity index (χ2n) is 4.55. The molecule has 0 amide bonds. The molecule has 1 nitrogen and oxygen atoms in total. The molecule has 1 heteroatoms. The van der Waals surface area contributed by atoms with Crippen LogP contribution in [-0.2, 0) is 12.8 Å². The van der Waals surface area contributed by atoms with Gasteiger partial charge < -0.3 is 5.11 Å². The molecule has 0 saturated heterocycles. The summed E-state index contributed by atoms with van der Waals surface area (Å²) in [5, 5.41) is 9.39. The van der Waals surface area contributed by atoms with Gasteiger partial charge in [0.25, 0.3) is 0 Å². The summed E-state index contributed by atoms with van der Waals surface area (Å²) >= 11 is 0. The molecule has 0 aliphatic heterocycles. The Bertz CT molecular complexity index is 368. The van der Waals surface area contributed by atoms with Gasteiger partial charge in [0, 0.05) is 0 Å². The van der Waals surface area contributed by atoms with E-state index in [1.165, 1.54) is 17.5 Å². The second-order valence-corrected chi connectivity index (χ2v) is 4.55. The maximum absolute atomic E-state index is 9.39. The predicted octanol–water partition coefficient (Wildman–Crippen LogP) is 3.32. The van der Waals surface area contributed by atoms with E-state index in [4.69, 9.17) is 0 Å². The Morgan fingerprint density at radius 2 is 2.27 bits per heavy atom. The molecule has 0 radical (unpaired) electrons. The lowest BCUT2D eigenvalue weighted by Crippen LogP contribution is -2.19. The Morgan fingerprint density at radius 1 is 1.47 bits per heavy atom. The zero-order valence-corrected chi connectivity index (χ0v) is 9.24. The summed E-state index contributed by atoms with van der Waals surface area (Å²) in [6.07, 6.45) is 5.48. The minimum absolute atomic E-state index is 0.393. The van der Waals surface area contributed by atoms with Gasteiger partial charge in [-0.05, 0) is 54.4 Å². The van der Waals surface area contributed by atoms with Gasteiger partial charge in [0.15, 0.2) is 0 Å². The summed E-state index contributed by atoms with van der Waals surface area (Å²) in [6.45, 7) is 6.11. The van der Waals surface area contributed by atoms with Crippen molar-refractivity contribution in [3.63, 3.8) is 0 Å². The van der Waals surface area contributed by atoms with Gasteiger partial charge in [0.2, 0.25) is 0 Å². The lowest BCUT2D eigenvalue weighted by molar-refractivity contribution is 0.371. The first-order valence-corrected chi connectivity index (χ1v) is 5.64. The SMILES string of the molecule is C=CC(C)C1CCc2cc(O)ccc2C1. The Morgan fingerprint density at radius 3 is 3.00 bits per heavy atom. The molecule has 2 atom stereocenters. The standard InChI is InChI=1S/C14H18O/c1-3-10(2)11-4-5-13-9-14(15)7-6-12(13)8-11/h3,6-7,9-11,15H,1,4-5,8H2,2H3. The van der Waals surface area contributed by atoms with E-state index in [2.05, 4.69) is 25.6 Å². The van der Waals surface area contributed by atoms with Crippen molar-refractivity contribution in [1.29, 1.82) is 0 Å². The first-order chi connectivity index (χ1) is 7.20. The van der Waals surface area contributed by atoms with E-state index in [1.807, 2.05) is 6.07 Å². The summed E-state index contributed by atoms with van der Waals surface area (Å²) in [5.74, 6) is 1.70. The number of phenolic OH excluding ortho intramolecular Hbond substituents is 1. The van der Waals surface area contributed by atoms with Crippen LogP contribution in [0, 0.1) is 11.8 Å². The molecule has 0 saturated carbocycles. The van der Waals surface area contributed by atoms with Crippen LogP contribution in [0.3, 0.4) is 0 Å². The van der Waals surface area contributed by atoms with E-state index in [0.717, 1.165) is 18.8 Å². The molecule has 1 aliphatic rings. The highest BCUT2D eigenvalue weighted by atomic mass is 16.3. The molecule has 1 aliphatic carbocycles. The molecule has 0 heterocycles. The van der Waals surface area contributed by atoms with Crippen LogP contribution in [0.5, 0.6) is 5.75 Å². The average Bonchev–Trinajstić information content (AvgIpc) is 2.27. The Balaban J connectivity index is 2.20. The van der Waals surface area contributed by atoms with Gasteiger partial charge in [-0.1, -0.05) is 19.1 Å². The molecule has 15 heavy (non-hydrogen) atoms. The second kappa shape index (κ2) is 4.09. The van der Waals surface area contributed by atoms with Crippen molar-refractivity contribution >= 4 is 0 Å². The highest BCUT2D eigenvalue weighted by molar-refractivity contribution is 5.36. The van der Waals surface area contributed by atoms with Crippen LogP contribution in [0.25, 0.3) is 0 Å². The van der Waals surface area contributed by atoms with Crippen molar-refractivity contribution in [2.45, 2.75) is 26.2 Å². The minimum Gasteiger partial charge on any atom is -0.508 e. The first kappa shape index (κ1) is 10.3. The van der Waals surface area contributed by atoms with Crippen LogP contribution in [0.15, 0.2) is 30.9 Å². The van der Waals surface area contributed by atoms with Crippen molar-refractivity contribution in [3.05, 3.63) is 42.0 Å². The highest BCUT2D eigenvalue weighted by Gasteiger charge is 2.21. The quantitative estimate of drug-likeness (QED) is 0.729. The molecule has 1 N–H and O–H groups in total. The topological polar surface area (TPSA) is 20.2 Å². The van der Waals surface area contributed by atoms with Crippen molar-refractivity contribution in [1.82, 2.24) is 0 Å². The Labute approximate surface area is 91.4 Å². The third kappa shape index (κ3) is 2.06. The highest BCUT2D eigenvalue weighted by Crippen LogP contribution is 2.32. The summed E-state index contributed by atoms with van der Waals surface area (Å²) in [6, 6.07) is 5.76. The molecule has 1 aromatic carbocycles. The molecule has 2 rings (SSSR count). The molecule has 0 bridgehead atoms. The smallest absolute Gasteiger partial charge is 0.115 e. The monoisotopic (exact) mass is 202 g/mol. The molecular formula is C14H18O. The fourth-order valence-electron chi connectivity index (χ4n) is 2.41. The zero-order valence-electron chi connectivity index (χ0n) is 9.24. The number of hydrogen-bond donors (Lipinski definition) is 1. The largest absolute Gasteiger partial charge is 0.508 e. The fraction of sp³-hybridized carbons (Fsp3) is 0.429. The van der Waals surface area contributed by atoms with E-state index in [9.17, 15) is 5.11 Å². The van der Waals surface area contributed by atoms with Crippen LogP contribution in [0.1, 0.15) is 24.5 Å². The normalized spacial score (nSPS) is 21.8. The van der Waals surface area contributed by atoms with E-state index in [-0.39, 0.29) is 0 Å². The summed E-state index contributed by atoms with van der Waals surface area (Å²) in [4.78, 5) is 0. The lowest BCUT2D eigenvalue weighted by Gasteiger charge is -2.27. The molecule has 0 spiro atoms. The number of aromatic hydroxyl groups is 1. The fourth-order valence-corrected chi connectivity index (χ4v) is 2.41. The minimum atomic E-state index is 0.393. The van der Waals surface area contributed by atoms with E-state index < -0.39 is 0 Å². The van der Waals surface area contributed by atoms with Crippen molar-refractivity contribution < 1.29 is 5.11 Å². The first-order valence-electron chi connectivity index (χ1n) is 5.64. The van der Waals surface area contributed by atoms with Gasteiger partial charge in [-0.25, -0.2) is 0 Å². The van der Waals surface area contributed by atoms with Crippen LogP contribution in [-0.4, -0.2) is 5.11 Å². The van der Waals surface area contributed by atoms with Crippen molar-refractivity contribution in [2.75, 3.05) is 0 Å². The predicted molar refractivity (Wildman–Crippen MR) is 63.0 cm³/mol. The zero-order chi connectivity index (χ0) is 10.8. The maximum Gasteiger partial charge on any atom is 0.115 e. The summed E-state index contributed by atoms with van der Waals surface area (Å²) < 4.78 is 0. The average molecular weight is 202 g/mol. The number of rotatable bonds is 2. The van der Waals surface area contributed by atoms with Crippen LogP contribution in [0.2, 0.25) is 0 Å². The van der Waals surface area contributed by atoms with E-state index >= 15 is 0 Å². The van der Waals surface area contributed by atoms with Crippen LogP contribution >= 0.6 is 0 Å². The number of allylic oxidation sites excluding steroid dienone is 1. The maximum atomic E-state index is 9.39. The molecule has 2 unspecified atom stereocenters. The van der Waals surface area contributed by atoms with Crippen molar-refractivity contribution in [3.8, 4) is 5.75 Å². The van der Waals surface area contributed by atoms with Gasteiger partial charge >= 0.3 is 0 Å². The van der Waals surface area contributed by atoms with Gasteiger partial charge in [0.1, 0.15) is 5.75 Å².